The molecular formula is C23H32N4O2. The van der Waals surface area contributed by atoms with Crippen molar-refractivity contribution in [1.82, 2.24) is 9.55 Å². The zero-order valence-corrected chi connectivity index (χ0v) is 18.4. The second-order valence-corrected chi connectivity index (χ2v) is 7.37. The van der Waals surface area contributed by atoms with Crippen LogP contribution in [0, 0.1) is 6.92 Å². The number of nitrogens with zero attached hydrogens (tertiary/aromatic N) is 3. The molecule has 1 aromatic heterocycles. The van der Waals surface area contributed by atoms with Gasteiger partial charge in [-0.25, -0.2) is 4.98 Å². The number of fused-ring (bicyclic) bond motifs is 1. The van der Waals surface area contributed by atoms with E-state index in [-0.39, 0.29) is 0 Å². The van der Waals surface area contributed by atoms with Crippen molar-refractivity contribution >= 4 is 22.7 Å². The molecule has 0 saturated carbocycles. The minimum absolute atomic E-state index is 0.506. The topological polar surface area (TPSA) is 65.5 Å². The van der Waals surface area contributed by atoms with E-state index in [1.165, 1.54) is 5.69 Å². The number of methoxy groups -OCH3 is 2. The van der Waals surface area contributed by atoms with Crippen LogP contribution in [0.2, 0.25) is 0 Å². The van der Waals surface area contributed by atoms with Crippen LogP contribution >= 0.6 is 0 Å². The molecule has 0 unspecified atom stereocenters. The maximum Gasteiger partial charge on any atom is 0.201 e. The SMILES string of the molecule is CCCN(CCC)c1ccc(-c2c(C)cc(OC)cc2OC)c2nc(N)n(C)c12. The van der Waals surface area contributed by atoms with Crippen molar-refractivity contribution in [3.8, 4) is 22.6 Å². The van der Waals surface area contributed by atoms with Crippen LogP contribution in [0.25, 0.3) is 22.2 Å². The van der Waals surface area contributed by atoms with Crippen LogP contribution in [0.5, 0.6) is 11.5 Å². The second-order valence-electron chi connectivity index (χ2n) is 7.37. The summed E-state index contributed by atoms with van der Waals surface area (Å²) in [6.45, 7) is 8.47. The Morgan fingerprint density at radius 1 is 1.07 bits per heavy atom. The molecule has 156 valence electrons. The van der Waals surface area contributed by atoms with Gasteiger partial charge in [0.15, 0.2) is 0 Å². The lowest BCUT2D eigenvalue weighted by Crippen LogP contribution is -2.25. The number of hydrogen-bond donors (Lipinski definition) is 1. The van der Waals surface area contributed by atoms with Crippen molar-refractivity contribution < 1.29 is 9.47 Å². The number of ether oxygens (including phenoxy) is 2. The second kappa shape index (κ2) is 8.64. The van der Waals surface area contributed by atoms with Crippen LogP contribution in [0.1, 0.15) is 32.3 Å². The van der Waals surface area contributed by atoms with E-state index < -0.39 is 0 Å². The van der Waals surface area contributed by atoms with Gasteiger partial charge in [-0.3, -0.25) is 0 Å². The number of aryl methyl sites for hydroxylation is 2. The van der Waals surface area contributed by atoms with Crippen molar-refractivity contribution in [2.75, 3.05) is 37.9 Å². The van der Waals surface area contributed by atoms with Crippen molar-refractivity contribution in [1.29, 1.82) is 0 Å². The third kappa shape index (κ3) is 3.71. The fraction of sp³-hybridized carbons (Fsp3) is 0.435. The molecule has 0 amide bonds. The number of rotatable bonds is 8. The molecule has 0 saturated heterocycles. The average molecular weight is 397 g/mol. The molecule has 0 atom stereocenters. The first-order valence-corrected chi connectivity index (χ1v) is 10.2. The molecule has 0 aliphatic carbocycles. The lowest BCUT2D eigenvalue weighted by Gasteiger charge is -2.25. The number of anilines is 2. The molecule has 0 radical (unpaired) electrons. The minimum atomic E-state index is 0.506. The maximum atomic E-state index is 6.25. The number of nitrogens with two attached hydrogens (primary N) is 1. The number of imidazole rings is 1. The first kappa shape index (κ1) is 20.8. The summed E-state index contributed by atoms with van der Waals surface area (Å²) in [7, 11) is 5.32. The van der Waals surface area contributed by atoms with E-state index in [0.717, 1.165) is 65.2 Å². The highest BCUT2D eigenvalue weighted by molar-refractivity contribution is 6.02. The molecule has 0 aliphatic heterocycles. The number of nitrogen functional groups attached to an aromatic ring is 1. The molecule has 29 heavy (non-hydrogen) atoms. The Bertz CT molecular complexity index is 1000. The van der Waals surface area contributed by atoms with Crippen molar-refractivity contribution in [3.05, 3.63) is 29.8 Å². The predicted octanol–water partition coefficient (Wildman–Crippen LogP) is 4.77. The highest BCUT2D eigenvalue weighted by Gasteiger charge is 2.21. The fourth-order valence-corrected chi connectivity index (χ4v) is 4.01. The van der Waals surface area contributed by atoms with E-state index in [0.29, 0.717) is 5.95 Å². The first-order valence-electron chi connectivity index (χ1n) is 10.2. The summed E-state index contributed by atoms with van der Waals surface area (Å²) in [5.74, 6) is 2.04. The Balaban J connectivity index is 2.30. The normalized spacial score (nSPS) is 11.1. The summed E-state index contributed by atoms with van der Waals surface area (Å²) in [5, 5.41) is 0. The van der Waals surface area contributed by atoms with E-state index >= 15 is 0 Å². The molecule has 0 aliphatic rings. The monoisotopic (exact) mass is 396 g/mol. The van der Waals surface area contributed by atoms with Gasteiger partial charge in [-0.2, -0.15) is 0 Å². The van der Waals surface area contributed by atoms with Gasteiger partial charge in [-0.05, 0) is 43.5 Å². The van der Waals surface area contributed by atoms with Crippen LogP contribution in [0.15, 0.2) is 24.3 Å². The summed E-state index contributed by atoms with van der Waals surface area (Å²) in [5.41, 5.74) is 12.5. The van der Waals surface area contributed by atoms with Crippen LogP contribution < -0.4 is 20.1 Å². The van der Waals surface area contributed by atoms with Crippen LogP contribution in [0.4, 0.5) is 11.6 Å². The lowest BCUT2D eigenvalue weighted by molar-refractivity contribution is 0.395. The van der Waals surface area contributed by atoms with E-state index in [9.17, 15) is 0 Å². The predicted molar refractivity (Wildman–Crippen MR) is 121 cm³/mol. The van der Waals surface area contributed by atoms with Crippen molar-refractivity contribution in [2.24, 2.45) is 7.05 Å². The van der Waals surface area contributed by atoms with Gasteiger partial charge in [0.25, 0.3) is 0 Å². The standard InChI is InChI=1S/C23H32N4O2/c1-7-11-27(12-8-2)18-10-9-17(21-22(18)26(4)23(24)25-21)20-15(3)13-16(28-5)14-19(20)29-6/h9-10,13-14H,7-8,11-12H2,1-6H3,(H2,24,25). The number of aromatic nitrogens is 2. The summed E-state index contributed by atoms with van der Waals surface area (Å²) < 4.78 is 13.1. The van der Waals surface area contributed by atoms with E-state index in [1.807, 2.05) is 23.7 Å². The molecule has 0 fully saturated rings. The molecule has 6 heteroatoms. The summed E-state index contributed by atoms with van der Waals surface area (Å²) in [6.07, 6.45) is 2.17. The maximum absolute atomic E-state index is 6.25. The molecule has 2 N–H and O–H groups in total. The highest BCUT2D eigenvalue weighted by Crippen LogP contribution is 2.42. The Morgan fingerprint density at radius 2 is 1.76 bits per heavy atom. The van der Waals surface area contributed by atoms with Crippen LogP contribution in [-0.4, -0.2) is 36.9 Å². The Labute approximate surface area is 173 Å². The first-order chi connectivity index (χ1) is 14.0. The zero-order chi connectivity index (χ0) is 21.1. The minimum Gasteiger partial charge on any atom is -0.497 e. The summed E-state index contributed by atoms with van der Waals surface area (Å²) in [6, 6.07) is 8.26. The molecule has 0 spiro atoms. The van der Waals surface area contributed by atoms with Gasteiger partial charge in [-0.1, -0.05) is 13.8 Å². The van der Waals surface area contributed by atoms with Crippen molar-refractivity contribution in [3.63, 3.8) is 0 Å². The van der Waals surface area contributed by atoms with Gasteiger partial charge < -0.3 is 24.7 Å². The summed E-state index contributed by atoms with van der Waals surface area (Å²) in [4.78, 5) is 7.16. The van der Waals surface area contributed by atoms with Crippen LogP contribution in [0.3, 0.4) is 0 Å². The fourth-order valence-electron chi connectivity index (χ4n) is 4.01. The third-order valence-corrected chi connectivity index (χ3v) is 5.36. The van der Waals surface area contributed by atoms with Gasteiger partial charge >= 0.3 is 0 Å². The number of hydrogen-bond acceptors (Lipinski definition) is 5. The lowest BCUT2D eigenvalue weighted by atomic mass is 9.97. The smallest absolute Gasteiger partial charge is 0.201 e. The zero-order valence-electron chi connectivity index (χ0n) is 18.4. The number of benzene rings is 2. The molecule has 3 aromatic rings. The van der Waals surface area contributed by atoms with Gasteiger partial charge in [0.1, 0.15) is 17.0 Å². The largest absolute Gasteiger partial charge is 0.497 e. The van der Waals surface area contributed by atoms with Gasteiger partial charge in [0.05, 0.1) is 25.4 Å². The molecular weight excluding hydrogens is 364 g/mol. The third-order valence-electron chi connectivity index (χ3n) is 5.36. The molecule has 6 nitrogen and oxygen atoms in total. The van der Waals surface area contributed by atoms with Gasteiger partial charge in [0.2, 0.25) is 5.95 Å². The van der Waals surface area contributed by atoms with Crippen molar-refractivity contribution in [2.45, 2.75) is 33.6 Å². The van der Waals surface area contributed by atoms with Crippen LogP contribution in [-0.2, 0) is 7.05 Å². The quantitative estimate of drug-likeness (QED) is 0.594. The molecule has 2 aromatic carbocycles. The van der Waals surface area contributed by atoms with Gasteiger partial charge in [0, 0.05) is 37.3 Å². The Kier molecular flexibility index (Phi) is 6.20. The Morgan fingerprint density at radius 3 is 2.34 bits per heavy atom. The Hall–Kier alpha value is -2.89. The molecule has 1 heterocycles. The molecule has 0 bridgehead atoms. The van der Waals surface area contributed by atoms with E-state index in [4.69, 9.17) is 20.2 Å². The van der Waals surface area contributed by atoms with E-state index in [2.05, 4.69) is 37.8 Å². The van der Waals surface area contributed by atoms with E-state index in [1.54, 1.807) is 14.2 Å². The highest BCUT2D eigenvalue weighted by atomic mass is 16.5. The summed E-state index contributed by atoms with van der Waals surface area (Å²) >= 11 is 0. The van der Waals surface area contributed by atoms with Gasteiger partial charge in [-0.15, -0.1) is 0 Å². The average Bonchev–Trinajstić information content (AvgIpc) is 3.01. The molecule has 3 rings (SSSR count).